The lowest BCUT2D eigenvalue weighted by Gasteiger charge is -2.60. The largest absolute Gasteiger partial charge is 0.481 e. The molecule has 5 radical (unpaired) electrons. The second kappa shape index (κ2) is 12.2. The first-order chi connectivity index (χ1) is 18.1. The molecule has 0 spiro atoms. The molecule has 4 fully saturated rings. The zero-order valence-electron chi connectivity index (χ0n) is 23.8. The molecular weight excluding hydrogens is 518 g/mol. The maximum Gasteiger partial charge on any atom is 0.316 e. The van der Waals surface area contributed by atoms with Crippen molar-refractivity contribution in [2.45, 2.75) is 92.1 Å². The summed E-state index contributed by atoms with van der Waals surface area (Å²) in [7, 11) is 0. The fraction of sp³-hybridized carbons (Fsp3) is 0.667. The highest BCUT2D eigenvalue weighted by molar-refractivity contribution is 8.02. The van der Waals surface area contributed by atoms with Crippen molar-refractivity contribution in [1.82, 2.24) is 0 Å². The predicted octanol–water partition coefficient (Wildman–Crippen LogP) is 4.95. The minimum absolute atomic E-state index is 0.0750. The molecule has 0 amide bonds. The summed E-state index contributed by atoms with van der Waals surface area (Å²) in [6, 6.07) is 0.782. The Morgan fingerprint density at radius 2 is 1.82 bits per heavy atom. The second-order valence-corrected chi connectivity index (χ2v) is 13.2. The fourth-order valence-electron chi connectivity index (χ4n) is 7.23. The summed E-state index contributed by atoms with van der Waals surface area (Å²) in [6.45, 7) is 13.2. The van der Waals surface area contributed by atoms with Gasteiger partial charge in [0, 0.05) is 42.6 Å². The minimum atomic E-state index is -0.833. The molecule has 4 aliphatic rings. The number of ether oxygens (including phenoxy) is 1. The lowest BCUT2D eigenvalue weighted by molar-refractivity contribution is -0.157. The van der Waals surface area contributed by atoms with Crippen LogP contribution in [0.4, 0.5) is 0 Å². The van der Waals surface area contributed by atoms with Crippen molar-refractivity contribution >= 4 is 29.5 Å². The van der Waals surface area contributed by atoms with Crippen LogP contribution in [0.3, 0.4) is 0 Å². The number of hydrogen-bond donors (Lipinski definition) is 4. The molecule has 2 unspecified atom stereocenters. The number of thioether (sulfide) groups is 1. The standard InChI is InChI=1S/C28H40NO5S.C2H4O2/c1-6-26(4)14-22(34-23(32)15-35-21-8-7-18(29)13-20(21)31)27(5)16(2)9-11-28(17(3)25(26)33)12-10-19(30)24(27)28;1-2(3)4/h6,17,20,24,31,33H,1,7-15,29H2,2-5H3;1H3,(H,3,4)/t17-,20+,24-,26+,27?,28?;/m0./s1. The molecule has 4 aliphatic carbocycles. The maximum absolute atomic E-state index is 13.4. The average Bonchev–Trinajstić information content (AvgIpc) is 3.21. The van der Waals surface area contributed by atoms with E-state index in [0.717, 1.165) is 49.8 Å². The number of aliphatic hydroxyl groups excluding tert-OH is 2. The normalized spacial score (nSPS) is 38.7. The number of rotatable bonds is 5. The highest BCUT2D eigenvalue weighted by Crippen LogP contribution is 2.71. The first kappa shape index (κ1) is 32.1. The third kappa shape index (κ3) is 6.11. The molecule has 5 N–H and O–H groups in total. The summed E-state index contributed by atoms with van der Waals surface area (Å²) in [5, 5.41) is 30.1. The number of nitrogens with two attached hydrogens (primary N) is 1. The van der Waals surface area contributed by atoms with Gasteiger partial charge in [0.1, 0.15) is 11.9 Å². The van der Waals surface area contributed by atoms with Gasteiger partial charge in [-0.2, -0.15) is 0 Å². The van der Waals surface area contributed by atoms with Crippen LogP contribution in [0.5, 0.6) is 0 Å². The first-order valence-corrected chi connectivity index (χ1v) is 14.7. The quantitative estimate of drug-likeness (QED) is 0.270. The van der Waals surface area contributed by atoms with Crippen LogP contribution in [0.25, 0.3) is 0 Å². The van der Waals surface area contributed by atoms with Crippen molar-refractivity contribution in [3.8, 4) is 0 Å². The van der Waals surface area contributed by atoms with Crippen molar-refractivity contribution in [2.75, 3.05) is 5.75 Å². The summed E-state index contributed by atoms with van der Waals surface area (Å²) in [5.74, 6) is -0.277. The van der Waals surface area contributed by atoms with Crippen molar-refractivity contribution in [2.24, 2.45) is 33.8 Å². The van der Waals surface area contributed by atoms with Gasteiger partial charge in [0.2, 0.25) is 0 Å². The van der Waals surface area contributed by atoms with Crippen molar-refractivity contribution in [3.63, 3.8) is 0 Å². The highest BCUT2D eigenvalue weighted by Gasteiger charge is 2.69. The van der Waals surface area contributed by atoms with Gasteiger partial charge in [0.25, 0.3) is 5.97 Å². The van der Waals surface area contributed by atoms with E-state index in [1.54, 1.807) is 6.08 Å². The molecule has 39 heavy (non-hydrogen) atoms. The monoisotopic (exact) mass is 562 g/mol. The molecule has 0 heterocycles. The number of carboxylic acid groups (broad SMARTS) is 1. The number of ketones is 1. The van der Waals surface area contributed by atoms with Gasteiger partial charge in [-0.15, -0.1) is 18.3 Å². The Morgan fingerprint density at radius 1 is 1.21 bits per heavy atom. The van der Waals surface area contributed by atoms with Gasteiger partial charge < -0.3 is 25.8 Å². The molecule has 2 bridgehead atoms. The van der Waals surface area contributed by atoms with E-state index in [2.05, 4.69) is 20.4 Å². The van der Waals surface area contributed by atoms with Gasteiger partial charge in [0.05, 0.1) is 17.1 Å². The Hall–Kier alpha value is -1.42. The van der Waals surface area contributed by atoms with Gasteiger partial charge in [-0.3, -0.25) is 14.4 Å². The van der Waals surface area contributed by atoms with E-state index >= 15 is 0 Å². The number of hydrogen-bond acceptors (Lipinski definition) is 8. The number of carbonyl (C=O) groups is 3. The fourth-order valence-corrected chi connectivity index (χ4v) is 8.12. The van der Waals surface area contributed by atoms with E-state index in [1.165, 1.54) is 11.8 Å². The highest BCUT2D eigenvalue weighted by atomic mass is 32.2. The molecule has 0 aliphatic heterocycles. The Balaban J connectivity index is 0.000000983. The molecule has 217 valence electrons. The SMILES string of the molecule is C=C[C@]1(C)C[C](OC(=O)CS[C]2CC[C](N)C[C@H]2O)C2(C)[C](C)CCC3(CCC(=O)[C@@H]23)[C@@H](C)[C]1O.CC(=O)O. The third-order valence-electron chi connectivity index (χ3n) is 9.71. The Labute approximate surface area is 237 Å². The molecule has 4 rings (SSSR count). The van der Waals surface area contributed by atoms with E-state index in [9.17, 15) is 19.8 Å². The molecule has 0 aromatic rings. The van der Waals surface area contributed by atoms with Gasteiger partial charge in [-0.05, 0) is 55.8 Å². The summed E-state index contributed by atoms with van der Waals surface area (Å²) in [5.41, 5.74) is 4.05. The van der Waals surface area contributed by atoms with Gasteiger partial charge in [-0.25, -0.2) is 0 Å². The number of carbonyl (C=O) groups excluding carboxylic acids is 2. The molecule has 4 saturated carbocycles. The van der Waals surface area contributed by atoms with Crippen LogP contribution in [0.1, 0.15) is 86.0 Å². The molecule has 9 heteroatoms. The van der Waals surface area contributed by atoms with Crippen LogP contribution in [-0.2, 0) is 19.1 Å². The lowest BCUT2D eigenvalue weighted by atomic mass is 9.44. The maximum atomic E-state index is 13.4. The number of carboxylic acids is 1. The first-order valence-electron chi connectivity index (χ1n) is 13.7. The molecule has 0 aromatic heterocycles. The van der Waals surface area contributed by atoms with Crippen LogP contribution in [-0.4, -0.2) is 44.9 Å². The van der Waals surface area contributed by atoms with Gasteiger partial charge in [0.15, 0.2) is 6.10 Å². The lowest BCUT2D eigenvalue weighted by Crippen LogP contribution is -2.58. The second-order valence-electron chi connectivity index (χ2n) is 12.1. The smallest absolute Gasteiger partial charge is 0.316 e. The predicted molar refractivity (Wildman–Crippen MR) is 149 cm³/mol. The minimum Gasteiger partial charge on any atom is -0.481 e. The van der Waals surface area contributed by atoms with E-state index in [1.807, 2.05) is 13.8 Å². The Bertz CT molecular complexity index is 940. The number of Topliss-reactive ketones (excluding diaryl/α,β-unsaturated/α-hetero) is 1. The van der Waals surface area contributed by atoms with E-state index < -0.39 is 28.9 Å². The summed E-state index contributed by atoms with van der Waals surface area (Å²) < 4.78 is 6.15. The van der Waals surface area contributed by atoms with E-state index in [-0.39, 0.29) is 28.8 Å². The number of aliphatic carboxylic acids is 1. The molecule has 0 aromatic carbocycles. The van der Waals surface area contributed by atoms with Crippen LogP contribution >= 0.6 is 11.8 Å². The van der Waals surface area contributed by atoms with Crippen molar-refractivity contribution in [3.05, 3.63) is 42.1 Å². The molecular formula is C30H44NO7S. The van der Waals surface area contributed by atoms with Crippen molar-refractivity contribution < 1.29 is 34.4 Å². The average molecular weight is 563 g/mol. The van der Waals surface area contributed by atoms with E-state index in [0.29, 0.717) is 37.9 Å². The van der Waals surface area contributed by atoms with Crippen LogP contribution in [0.15, 0.2) is 12.7 Å². The summed E-state index contributed by atoms with van der Waals surface area (Å²) in [6.07, 6.45) is 6.99. The number of aliphatic hydroxyl groups is 2. The Kier molecular flexibility index (Phi) is 10.1. The van der Waals surface area contributed by atoms with Gasteiger partial charge in [-0.1, -0.05) is 33.8 Å². The Morgan fingerprint density at radius 3 is 2.41 bits per heavy atom. The number of esters is 1. The zero-order chi connectivity index (χ0) is 29.3. The van der Waals surface area contributed by atoms with E-state index in [4.69, 9.17) is 20.4 Å². The topological polar surface area (TPSA) is 147 Å². The van der Waals surface area contributed by atoms with Crippen LogP contribution in [0.2, 0.25) is 0 Å². The van der Waals surface area contributed by atoms with Gasteiger partial charge >= 0.3 is 5.97 Å². The molecule has 0 saturated heterocycles. The summed E-state index contributed by atoms with van der Waals surface area (Å²) >= 11 is 1.32. The molecule has 8 nitrogen and oxygen atoms in total. The van der Waals surface area contributed by atoms with Crippen molar-refractivity contribution in [1.29, 1.82) is 0 Å². The molecule has 6 atom stereocenters. The van der Waals surface area contributed by atoms with Crippen LogP contribution in [0, 0.1) is 57.5 Å². The van der Waals surface area contributed by atoms with Crippen LogP contribution < -0.4 is 5.73 Å². The summed E-state index contributed by atoms with van der Waals surface area (Å²) in [4.78, 5) is 35.6. The zero-order valence-corrected chi connectivity index (χ0v) is 24.7. The third-order valence-corrected chi connectivity index (χ3v) is 10.9.